The minimum atomic E-state index is -3.23. The molecule has 2 saturated heterocycles. The molecule has 0 unspecified atom stereocenters. The second-order valence-electron chi connectivity index (χ2n) is 6.77. The Kier molecular flexibility index (Phi) is 5.45. The predicted octanol–water partition coefficient (Wildman–Crippen LogP) is 0.849. The van der Waals surface area contributed by atoms with E-state index in [1.807, 2.05) is 0 Å². The predicted molar refractivity (Wildman–Crippen MR) is 93.5 cm³/mol. The third kappa shape index (κ3) is 4.32. The fourth-order valence-corrected chi connectivity index (χ4v) is 5.80. The monoisotopic (exact) mass is 383 g/mol. The Bertz CT molecular complexity index is 782. The van der Waals surface area contributed by atoms with Crippen LogP contribution in [-0.4, -0.2) is 43.4 Å². The number of urea groups is 1. The molecule has 26 heavy (non-hydrogen) atoms. The number of amides is 3. The molecule has 1 aromatic rings. The Balaban J connectivity index is 1.39. The van der Waals surface area contributed by atoms with Crippen LogP contribution in [0.15, 0.2) is 24.3 Å². The quantitative estimate of drug-likeness (QED) is 0.480. The Morgan fingerprint density at radius 1 is 1.19 bits per heavy atom. The number of carbonyl (C=O) groups is 2. The summed E-state index contributed by atoms with van der Waals surface area (Å²) in [6.45, 7) is 0.331. The van der Waals surface area contributed by atoms with Crippen molar-refractivity contribution in [2.45, 2.75) is 49.6 Å². The van der Waals surface area contributed by atoms with E-state index in [4.69, 9.17) is 0 Å². The smallest absolute Gasteiger partial charge is 0.315 e. The van der Waals surface area contributed by atoms with Crippen molar-refractivity contribution < 1.29 is 22.4 Å². The summed E-state index contributed by atoms with van der Waals surface area (Å²) < 4.78 is 37.2. The van der Waals surface area contributed by atoms with Gasteiger partial charge in [-0.1, -0.05) is 18.6 Å². The molecule has 0 radical (unpaired) electrons. The lowest BCUT2D eigenvalue weighted by molar-refractivity contribution is -0.121. The van der Waals surface area contributed by atoms with Crippen LogP contribution >= 0.6 is 0 Å². The van der Waals surface area contributed by atoms with E-state index in [1.165, 1.54) is 12.1 Å². The van der Waals surface area contributed by atoms with Crippen LogP contribution in [0.5, 0.6) is 0 Å². The second-order valence-corrected chi connectivity index (χ2v) is 9.03. The molecule has 3 amide bonds. The number of benzene rings is 1. The lowest BCUT2D eigenvalue weighted by atomic mass is 10.0. The molecule has 0 saturated carbocycles. The highest BCUT2D eigenvalue weighted by atomic mass is 32.2. The van der Waals surface area contributed by atoms with Gasteiger partial charge in [0, 0.05) is 13.0 Å². The van der Waals surface area contributed by atoms with Gasteiger partial charge in [0.15, 0.2) is 9.84 Å². The fourth-order valence-electron chi connectivity index (χ4n) is 3.53. The number of rotatable bonds is 7. The van der Waals surface area contributed by atoms with Crippen molar-refractivity contribution in [2.24, 2.45) is 0 Å². The van der Waals surface area contributed by atoms with Crippen LogP contribution in [0.25, 0.3) is 0 Å². The normalized spacial score (nSPS) is 26.0. The minimum absolute atomic E-state index is 0.0285. The summed E-state index contributed by atoms with van der Waals surface area (Å²) >= 11 is 0. The zero-order valence-corrected chi connectivity index (χ0v) is 15.0. The number of sulfone groups is 1. The molecule has 3 rings (SSSR count). The molecule has 2 fully saturated rings. The van der Waals surface area contributed by atoms with Gasteiger partial charge in [0.05, 0.1) is 23.1 Å². The standard InChI is InChI=1S/C17H22FN3O4S/c18-12-7-5-11(6-8-12)9-19-15(22)4-2-1-3-14-16-13(10-26(14,24)25)20-17(23)21-16/h5-8,13-14,16H,1-4,9-10H2,(H,19,22)(H2,20,21,23)/t13-,14+,16-/m0/s1. The number of carbonyl (C=O) groups excluding carboxylic acids is 2. The van der Waals surface area contributed by atoms with E-state index in [1.54, 1.807) is 12.1 Å². The maximum atomic E-state index is 12.8. The maximum Gasteiger partial charge on any atom is 0.315 e. The Hall–Kier alpha value is -2.16. The molecule has 1 aromatic carbocycles. The topological polar surface area (TPSA) is 104 Å². The molecule has 3 N–H and O–H groups in total. The van der Waals surface area contributed by atoms with Crippen molar-refractivity contribution in [3.8, 4) is 0 Å². The van der Waals surface area contributed by atoms with Gasteiger partial charge < -0.3 is 16.0 Å². The van der Waals surface area contributed by atoms with Crippen LogP contribution in [0.1, 0.15) is 31.2 Å². The van der Waals surface area contributed by atoms with E-state index in [0.717, 1.165) is 5.56 Å². The molecule has 2 heterocycles. The first kappa shape index (κ1) is 18.6. The van der Waals surface area contributed by atoms with Crippen molar-refractivity contribution in [1.82, 2.24) is 16.0 Å². The van der Waals surface area contributed by atoms with Crippen LogP contribution in [0.3, 0.4) is 0 Å². The van der Waals surface area contributed by atoms with Crippen LogP contribution in [0.4, 0.5) is 9.18 Å². The van der Waals surface area contributed by atoms with E-state index >= 15 is 0 Å². The summed E-state index contributed by atoms with van der Waals surface area (Å²) in [6.07, 6.45) is 1.89. The second kappa shape index (κ2) is 7.61. The SMILES string of the molecule is O=C(CCCC[C@@H]1[C@H]2NC(=O)N[C@H]2CS1(=O)=O)NCc1ccc(F)cc1. The van der Waals surface area contributed by atoms with Crippen LogP contribution in [0.2, 0.25) is 0 Å². The van der Waals surface area contributed by atoms with E-state index < -0.39 is 15.1 Å². The molecule has 0 aliphatic carbocycles. The molecule has 0 bridgehead atoms. The highest BCUT2D eigenvalue weighted by Crippen LogP contribution is 2.28. The van der Waals surface area contributed by atoms with Gasteiger partial charge in [0.25, 0.3) is 0 Å². The lowest BCUT2D eigenvalue weighted by Crippen LogP contribution is -2.39. The summed E-state index contributed by atoms with van der Waals surface area (Å²) in [7, 11) is -3.23. The molecule has 142 valence electrons. The zero-order valence-electron chi connectivity index (χ0n) is 14.2. The number of hydrogen-bond donors (Lipinski definition) is 3. The lowest BCUT2D eigenvalue weighted by Gasteiger charge is -2.16. The van der Waals surface area contributed by atoms with Crippen molar-refractivity contribution in [3.05, 3.63) is 35.6 Å². The number of nitrogens with one attached hydrogen (secondary N) is 3. The van der Waals surface area contributed by atoms with Crippen molar-refractivity contribution in [1.29, 1.82) is 0 Å². The van der Waals surface area contributed by atoms with Gasteiger partial charge in [0.2, 0.25) is 5.91 Å². The Morgan fingerprint density at radius 2 is 1.92 bits per heavy atom. The molecule has 0 aromatic heterocycles. The summed E-state index contributed by atoms with van der Waals surface area (Å²) in [5.41, 5.74) is 0.812. The van der Waals surface area contributed by atoms with E-state index in [2.05, 4.69) is 16.0 Å². The third-order valence-electron chi connectivity index (χ3n) is 4.87. The largest absolute Gasteiger partial charge is 0.352 e. The van der Waals surface area contributed by atoms with Crippen LogP contribution in [-0.2, 0) is 21.2 Å². The molecular weight excluding hydrogens is 361 g/mol. The molecule has 2 aliphatic rings. The van der Waals surface area contributed by atoms with Gasteiger partial charge >= 0.3 is 6.03 Å². The van der Waals surface area contributed by atoms with Gasteiger partial charge in [0.1, 0.15) is 5.82 Å². The third-order valence-corrected chi connectivity index (χ3v) is 7.14. The van der Waals surface area contributed by atoms with Gasteiger partial charge in [-0.05, 0) is 30.5 Å². The maximum absolute atomic E-state index is 12.8. The highest BCUT2D eigenvalue weighted by Gasteiger charge is 2.51. The van der Waals surface area contributed by atoms with Crippen molar-refractivity contribution in [3.63, 3.8) is 0 Å². The highest BCUT2D eigenvalue weighted by molar-refractivity contribution is 7.92. The van der Waals surface area contributed by atoms with E-state index in [-0.39, 0.29) is 35.6 Å². The van der Waals surface area contributed by atoms with Gasteiger partial charge in [-0.2, -0.15) is 0 Å². The number of hydrogen-bond acceptors (Lipinski definition) is 4. The minimum Gasteiger partial charge on any atom is -0.352 e. The molecule has 3 atom stereocenters. The number of fused-ring (bicyclic) bond motifs is 1. The van der Waals surface area contributed by atoms with E-state index in [9.17, 15) is 22.4 Å². The number of unbranched alkanes of at least 4 members (excludes halogenated alkanes) is 1. The summed E-state index contributed by atoms with van der Waals surface area (Å²) in [5.74, 6) is -0.477. The van der Waals surface area contributed by atoms with Crippen LogP contribution in [0, 0.1) is 5.82 Å². The average molecular weight is 383 g/mol. The average Bonchev–Trinajstić information content (AvgIpc) is 3.03. The summed E-state index contributed by atoms with van der Waals surface area (Å²) in [4.78, 5) is 23.2. The van der Waals surface area contributed by atoms with Gasteiger partial charge in [-0.25, -0.2) is 17.6 Å². The van der Waals surface area contributed by atoms with Crippen LogP contribution < -0.4 is 16.0 Å². The van der Waals surface area contributed by atoms with Crippen molar-refractivity contribution in [2.75, 3.05) is 5.75 Å². The number of halogens is 1. The first-order valence-corrected chi connectivity index (χ1v) is 10.4. The molecule has 2 aliphatic heterocycles. The van der Waals surface area contributed by atoms with E-state index in [0.29, 0.717) is 32.2 Å². The molecular formula is C17H22FN3O4S. The van der Waals surface area contributed by atoms with Crippen molar-refractivity contribution >= 4 is 21.8 Å². The fraction of sp³-hybridized carbons (Fsp3) is 0.529. The first-order valence-electron chi connectivity index (χ1n) is 8.65. The summed E-state index contributed by atoms with van der Waals surface area (Å²) in [6, 6.07) is 4.86. The molecule has 0 spiro atoms. The molecule has 7 nitrogen and oxygen atoms in total. The Labute approximate surface area is 151 Å². The van der Waals surface area contributed by atoms with Gasteiger partial charge in [-0.3, -0.25) is 4.79 Å². The Morgan fingerprint density at radius 3 is 2.65 bits per heavy atom. The first-order chi connectivity index (χ1) is 12.3. The summed E-state index contributed by atoms with van der Waals surface area (Å²) in [5, 5.41) is 7.48. The van der Waals surface area contributed by atoms with Gasteiger partial charge in [-0.15, -0.1) is 0 Å². The zero-order chi connectivity index (χ0) is 18.7. The molecule has 9 heteroatoms.